The second-order valence-electron chi connectivity index (χ2n) is 5.49. The van der Waals surface area contributed by atoms with Crippen LogP contribution in [0.5, 0.6) is 0 Å². The van der Waals surface area contributed by atoms with Gasteiger partial charge in [0.2, 0.25) is 0 Å². The first-order valence-corrected chi connectivity index (χ1v) is 7.45. The number of hydrogen-bond acceptors (Lipinski definition) is 4. The minimum atomic E-state index is 0.421. The summed E-state index contributed by atoms with van der Waals surface area (Å²) in [6.07, 6.45) is 3.97. The van der Waals surface area contributed by atoms with Crippen LogP contribution in [-0.2, 0) is 11.3 Å². The van der Waals surface area contributed by atoms with Gasteiger partial charge in [-0.2, -0.15) is 0 Å². The highest BCUT2D eigenvalue weighted by Gasteiger charge is 2.19. The van der Waals surface area contributed by atoms with Crippen LogP contribution in [0.15, 0.2) is 30.3 Å². The Kier molecular flexibility index (Phi) is 4.15. The van der Waals surface area contributed by atoms with Gasteiger partial charge in [-0.25, -0.2) is 9.97 Å². The van der Waals surface area contributed by atoms with Gasteiger partial charge >= 0.3 is 0 Å². The highest BCUT2D eigenvalue weighted by molar-refractivity contribution is 5.63. The van der Waals surface area contributed by atoms with E-state index in [9.17, 15) is 0 Å². The van der Waals surface area contributed by atoms with Gasteiger partial charge in [-0.15, -0.1) is 0 Å². The number of nitrogens with zero attached hydrogens (tertiary/aromatic N) is 2. The van der Waals surface area contributed by atoms with Crippen LogP contribution in [0.2, 0.25) is 0 Å². The molecule has 0 radical (unpaired) electrons. The molecule has 1 fully saturated rings. The van der Waals surface area contributed by atoms with Crippen molar-refractivity contribution in [1.82, 2.24) is 9.97 Å². The third-order valence-electron chi connectivity index (χ3n) is 4.06. The van der Waals surface area contributed by atoms with Gasteiger partial charge in [0.05, 0.1) is 5.69 Å². The molecule has 0 atom stereocenters. The number of rotatable bonds is 5. The largest absolute Gasteiger partial charge is 0.377 e. The van der Waals surface area contributed by atoms with E-state index in [1.165, 1.54) is 24.8 Å². The molecule has 0 saturated heterocycles. The summed E-state index contributed by atoms with van der Waals surface area (Å²) in [5, 5.41) is 3.09. The van der Waals surface area contributed by atoms with Crippen LogP contribution >= 0.6 is 0 Å². The number of aromatic nitrogens is 2. The van der Waals surface area contributed by atoms with Gasteiger partial charge in [-0.05, 0) is 30.4 Å². The van der Waals surface area contributed by atoms with Crippen molar-refractivity contribution in [3.05, 3.63) is 41.7 Å². The number of anilines is 1. The van der Waals surface area contributed by atoms with Crippen molar-refractivity contribution in [1.29, 1.82) is 0 Å². The standard InChI is InChI=1S/C17H21N3O/c1-18-16-10-15(19-17(20-16)11-21-2)14-8-4-7-13(9-14)12-5-3-6-12/h4,7-10,12H,3,5-6,11H2,1-2H3,(H,18,19,20). The van der Waals surface area contributed by atoms with E-state index in [2.05, 4.69) is 39.6 Å². The Hall–Kier alpha value is -1.94. The lowest BCUT2D eigenvalue weighted by Crippen LogP contribution is -2.08. The van der Waals surface area contributed by atoms with Crippen molar-refractivity contribution in [2.75, 3.05) is 19.5 Å². The topological polar surface area (TPSA) is 47.0 Å². The van der Waals surface area contributed by atoms with Gasteiger partial charge in [-0.1, -0.05) is 24.6 Å². The fraction of sp³-hybridized carbons (Fsp3) is 0.412. The Morgan fingerprint density at radius 3 is 2.76 bits per heavy atom. The monoisotopic (exact) mass is 283 g/mol. The maximum Gasteiger partial charge on any atom is 0.157 e. The number of methoxy groups -OCH3 is 1. The first kappa shape index (κ1) is 14.0. The zero-order valence-electron chi connectivity index (χ0n) is 12.6. The van der Waals surface area contributed by atoms with Gasteiger partial charge in [0.15, 0.2) is 5.82 Å². The highest BCUT2D eigenvalue weighted by Crippen LogP contribution is 2.37. The first-order chi connectivity index (χ1) is 10.3. The molecule has 0 aliphatic heterocycles. The zero-order chi connectivity index (χ0) is 14.7. The van der Waals surface area contributed by atoms with Crippen LogP contribution in [0, 0.1) is 0 Å². The molecule has 0 bridgehead atoms. The van der Waals surface area contributed by atoms with E-state index in [0.717, 1.165) is 23.0 Å². The van der Waals surface area contributed by atoms with E-state index in [-0.39, 0.29) is 0 Å². The Labute approximate surface area is 125 Å². The molecule has 1 N–H and O–H groups in total. The third kappa shape index (κ3) is 3.05. The summed E-state index contributed by atoms with van der Waals surface area (Å²) in [4.78, 5) is 9.01. The molecule has 1 saturated carbocycles. The molecule has 0 unspecified atom stereocenters. The second kappa shape index (κ2) is 6.22. The summed E-state index contributed by atoms with van der Waals surface area (Å²) in [7, 11) is 3.53. The molecule has 110 valence electrons. The SMILES string of the molecule is CNc1cc(-c2cccc(C3CCC3)c2)nc(COC)n1. The second-order valence-corrected chi connectivity index (χ2v) is 5.49. The lowest BCUT2D eigenvalue weighted by atomic mass is 9.79. The molecule has 0 spiro atoms. The number of ether oxygens (including phenoxy) is 1. The molecule has 1 aliphatic carbocycles. The summed E-state index contributed by atoms with van der Waals surface area (Å²) in [5.74, 6) is 2.25. The average molecular weight is 283 g/mol. The van der Waals surface area contributed by atoms with E-state index in [1.807, 2.05) is 13.1 Å². The predicted molar refractivity (Wildman–Crippen MR) is 84.3 cm³/mol. The highest BCUT2D eigenvalue weighted by atomic mass is 16.5. The lowest BCUT2D eigenvalue weighted by molar-refractivity contribution is 0.178. The summed E-state index contributed by atoms with van der Waals surface area (Å²) >= 11 is 0. The Morgan fingerprint density at radius 1 is 1.24 bits per heavy atom. The van der Waals surface area contributed by atoms with Crippen molar-refractivity contribution in [2.24, 2.45) is 0 Å². The van der Waals surface area contributed by atoms with Gasteiger partial charge in [0.1, 0.15) is 12.4 Å². The van der Waals surface area contributed by atoms with Gasteiger partial charge < -0.3 is 10.1 Å². The predicted octanol–water partition coefficient (Wildman–Crippen LogP) is 3.60. The summed E-state index contributed by atoms with van der Waals surface area (Å²) in [6, 6.07) is 10.7. The van der Waals surface area contributed by atoms with E-state index < -0.39 is 0 Å². The van der Waals surface area contributed by atoms with E-state index in [4.69, 9.17) is 4.74 Å². The molecular formula is C17H21N3O. The lowest BCUT2D eigenvalue weighted by Gasteiger charge is -2.26. The van der Waals surface area contributed by atoms with Gasteiger partial charge in [0.25, 0.3) is 0 Å². The minimum absolute atomic E-state index is 0.421. The molecule has 1 heterocycles. The molecule has 2 aromatic rings. The van der Waals surface area contributed by atoms with Crippen LogP contribution in [0.25, 0.3) is 11.3 Å². The number of benzene rings is 1. The van der Waals surface area contributed by atoms with Crippen LogP contribution < -0.4 is 5.32 Å². The average Bonchev–Trinajstić information content (AvgIpc) is 2.46. The molecule has 21 heavy (non-hydrogen) atoms. The Balaban J connectivity index is 1.96. The van der Waals surface area contributed by atoms with Crippen LogP contribution in [0.3, 0.4) is 0 Å². The number of hydrogen-bond donors (Lipinski definition) is 1. The Morgan fingerprint density at radius 2 is 2.10 bits per heavy atom. The smallest absolute Gasteiger partial charge is 0.157 e. The van der Waals surface area contributed by atoms with Crippen LogP contribution in [-0.4, -0.2) is 24.1 Å². The van der Waals surface area contributed by atoms with E-state index in [0.29, 0.717) is 12.4 Å². The van der Waals surface area contributed by atoms with Gasteiger partial charge in [-0.3, -0.25) is 0 Å². The van der Waals surface area contributed by atoms with E-state index >= 15 is 0 Å². The summed E-state index contributed by atoms with van der Waals surface area (Å²) in [6.45, 7) is 0.421. The maximum absolute atomic E-state index is 5.15. The Bertz CT molecular complexity index is 623. The van der Waals surface area contributed by atoms with Crippen LogP contribution in [0.4, 0.5) is 5.82 Å². The first-order valence-electron chi connectivity index (χ1n) is 7.45. The minimum Gasteiger partial charge on any atom is -0.377 e. The third-order valence-corrected chi connectivity index (χ3v) is 4.06. The van der Waals surface area contributed by atoms with E-state index in [1.54, 1.807) is 7.11 Å². The summed E-state index contributed by atoms with van der Waals surface area (Å²) in [5.41, 5.74) is 3.52. The van der Waals surface area contributed by atoms with Crippen LogP contribution in [0.1, 0.15) is 36.6 Å². The maximum atomic E-state index is 5.15. The molecule has 3 rings (SSSR count). The molecule has 1 aromatic heterocycles. The van der Waals surface area contributed by atoms with Crippen molar-refractivity contribution in [2.45, 2.75) is 31.8 Å². The fourth-order valence-electron chi connectivity index (χ4n) is 2.66. The van der Waals surface area contributed by atoms with Crippen molar-refractivity contribution >= 4 is 5.82 Å². The molecule has 4 heteroatoms. The molecule has 1 aliphatic rings. The molecular weight excluding hydrogens is 262 g/mol. The quantitative estimate of drug-likeness (QED) is 0.910. The van der Waals surface area contributed by atoms with Crippen molar-refractivity contribution in [3.8, 4) is 11.3 Å². The molecule has 0 amide bonds. The zero-order valence-corrected chi connectivity index (χ0v) is 12.6. The molecule has 4 nitrogen and oxygen atoms in total. The molecule has 1 aromatic carbocycles. The van der Waals surface area contributed by atoms with Gasteiger partial charge in [0, 0.05) is 25.8 Å². The normalized spacial score (nSPS) is 14.8. The number of nitrogens with one attached hydrogen (secondary N) is 1. The fourth-order valence-corrected chi connectivity index (χ4v) is 2.66. The summed E-state index contributed by atoms with van der Waals surface area (Å²) < 4.78 is 5.15. The van der Waals surface area contributed by atoms with Crippen molar-refractivity contribution in [3.63, 3.8) is 0 Å². The van der Waals surface area contributed by atoms with Crippen molar-refractivity contribution < 1.29 is 4.74 Å².